The summed E-state index contributed by atoms with van der Waals surface area (Å²) >= 11 is 5.97. The van der Waals surface area contributed by atoms with Gasteiger partial charge in [-0.1, -0.05) is 23.7 Å². The van der Waals surface area contributed by atoms with E-state index in [1.807, 2.05) is 19.1 Å². The minimum atomic E-state index is -0.816. The summed E-state index contributed by atoms with van der Waals surface area (Å²) in [5.74, 6) is -0.623. The zero-order chi connectivity index (χ0) is 22.1. The van der Waals surface area contributed by atoms with Crippen LogP contribution in [0.1, 0.15) is 28.4 Å². The van der Waals surface area contributed by atoms with Gasteiger partial charge in [-0.15, -0.1) is 0 Å². The second kappa shape index (κ2) is 8.23. The molecule has 3 aromatic rings. The number of hydrogen-bond acceptors (Lipinski definition) is 5. The van der Waals surface area contributed by atoms with E-state index in [2.05, 4.69) is 20.5 Å². The van der Waals surface area contributed by atoms with Crippen molar-refractivity contribution in [1.82, 2.24) is 9.78 Å². The van der Waals surface area contributed by atoms with Crippen LogP contribution >= 0.6 is 11.6 Å². The van der Waals surface area contributed by atoms with Crippen LogP contribution in [0.25, 0.3) is 11.3 Å². The number of anilines is 2. The van der Waals surface area contributed by atoms with Crippen molar-refractivity contribution in [3.05, 3.63) is 64.7 Å². The molecular weight excluding hydrogens is 420 g/mol. The van der Waals surface area contributed by atoms with Crippen molar-refractivity contribution in [3.8, 4) is 11.3 Å². The van der Waals surface area contributed by atoms with Crippen LogP contribution in [0.2, 0.25) is 5.02 Å². The molecule has 1 atom stereocenters. The van der Waals surface area contributed by atoms with Crippen molar-refractivity contribution in [2.45, 2.75) is 19.4 Å². The molecule has 9 heteroatoms. The van der Waals surface area contributed by atoms with Crippen LogP contribution < -0.4 is 10.6 Å². The molecule has 0 spiro atoms. The summed E-state index contributed by atoms with van der Waals surface area (Å²) in [5.41, 5.74) is 3.11. The predicted octanol–water partition coefficient (Wildman–Crippen LogP) is 3.82. The van der Waals surface area contributed by atoms with Crippen LogP contribution in [0.4, 0.5) is 11.5 Å². The number of esters is 1. The van der Waals surface area contributed by atoms with Crippen LogP contribution in [-0.2, 0) is 14.3 Å². The number of methoxy groups -OCH3 is 1. The maximum atomic E-state index is 13.0. The summed E-state index contributed by atoms with van der Waals surface area (Å²) in [6, 6.07) is 12.7. The largest absolute Gasteiger partial charge is 0.465 e. The molecule has 8 nitrogen and oxygen atoms in total. The first kappa shape index (κ1) is 20.6. The van der Waals surface area contributed by atoms with E-state index in [9.17, 15) is 14.4 Å². The van der Waals surface area contributed by atoms with Crippen molar-refractivity contribution < 1.29 is 19.1 Å². The lowest BCUT2D eigenvalue weighted by Gasteiger charge is -2.24. The van der Waals surface area contributed by atoms with Gasteiger partial charge in [-0.05, 0) is 43.3 Å². The Hall–Kier alpha value is -3.65. The number of amides is 2. The van der Waals surface area contributed by atoms with Gasteiger partial charge in [0.15, 0.2) is 0 Å². The first-order valence-corrected chi connectivity index (χ1v) is 9.89. The maximum absolute atomic E-state index is 13.0. The Morgan fingerprint density at radius 3 is 2.48 bits per heavy atom. The van der Waals surface area contributed by atoms with Gasteiger partial charge >= 0.3 is 5.97 Å². The van der Waals surface area contributed by atoms with Gasteiger partial charge in [0.2, 0.25) is 11.8 Å². The van der Waals surface area contributed by atoms with Gasteiger partial charge in [-0.2, -0.15) is 5.10 Å². The molecule has 0 bridgehead atoms. The van der Waals surface area contributed by atoms with Crippen LogP contribution in [0.15, 0.2) is 48.5 Å². The molecule has 2 aromatic carbocycles. The van der Waals surface area contributed by atoms with Gasteiger partial charge in [0.05, 0.1) is 24.8 Å². The van der Waals surface area contributed by atoms with Gasteiger partial charge < -0.3 is 15.4 Å². The molecule has 1 aliphatic heterocycles. The number of halogens is 1. The lowest BCUT2D eigenvalue weighted by Crippen LogP contribution is -2.35. The van der Waals surface area contributed by atoms with Crippen molar-refractivity contribution in [2.75, 3.05) is 17.7 Å². The predicted molar refractivity (Wildman–Crippen MR) is 116 cm³/mol. The average molecular weight is 439 g/mol. The first-order chi connectivity index (χ1) is 14.9. The summed E-state index contributed by atoms with van der Waals surface area (Å²) in [7, 11) is 1.30. The van der Waals surface area contributed by atoms with Gasteiger partial charge in [0.25, 0.3) is 0 Å². The number of carbonyl (C=O) groups is 3. The van der Waals surface area contributed by atoms with E-state index in [-0.39, 0.29) is 18.2 Å². The number of nitrogens with zero attached hydrogens (tertiary/aromatic N) is 2. The maximum Gasteiger partial charge on any atom is 0.337 e. The van der Waals surface area contributed by atoms with E-state index >= 15 is 0 Å². The summed E-state index contributed by atoms with van der Waals surface area (Å²) < 4.78 is 6.21. The molecule has 4 rings (SSSR count). The topological polar surface area (TPSA) is 102 Å². The number of nitrogens with one attached hydrogen (secondary N) is 2. The second-order valence-electron chi connectivity index (χ2n) is 7.10. The van der Waals surface area contributed by atoms with Crippen molar-refractivity contribution in [2.24, 2.45) is 0 Å². The van der Waals surface area contributed by atoms with Crippen LogP contribution in [-0.4, -0.2) is 34.7 Å². The average Bonchev–Trinajstić information content (AvgIpc) is 3.10. The minimum Gasteiger partial charge on any atom is -0.465 e. The van der Waals surface area contributed by atoms with E-state index < -0.39 is 12.0 Å². The molecule has 0 unspecified atom stereocenters. The molecule has 0 saturated heterocycles. The highest BCUT2D eigenvalue weighted by Crippen LogP contribution is 2.34. The molecule has 1 aromatic heterocycles. The third-order valence-corrected chi connectivity index (χ3v) is 5.32. The summed E-state index contributed by atoms with van der Waals surface area (Å²) in [6.45, 7) is 1.84. The molecule has 0 fully saturated rings. The Bertz CT molecular complexity index is 1170. The molecule has 2 N–H and O–H groups in total. The van der Waals surface area contributed by atoms with Crippen LogP contribution in [0, 0.1) is 6.92 Å². The Balaban J connectivity index is 1.62. The Morgan fingerprint density at radius 1 is 1.16 bits per heavy atom. The Morgan fingerprint density at radius 2 is 1.84 bits per heavy atom. The second-order valence-corrected chi connectivity index (χ2v) is 7.54. The quantitative estimate of drug-likeness (QED) is 0.603. The molecule has 0 saturated carbocycles. The lowest BCUT2D eigenvalue weighted by atomic mass is 10.1. The zero-order valence-corrected chi connectivity index (χ0v) is 17.6. The molecule has 31 heavy (non-hydrogen) atoms. The number of fused-ring (bicyclic) bond motifs is 1. The molecule has 2 amide bonds. The van der Waals surface area contributed by atoms with Crippen LogP contribution in [0.5, 0.6) is 0 Å². The molecule has 0 aliphatic carbocycles. The first-order valence-electron chi connectivity index (χ1n) is 9.51. The van der Waals surface area contributed by atoms with Gasteiger partial charge in [0.1, 0.15) is 11.9 Å². The molecule has 2 heterocycles. The molecular formula is C22H19ClN4O4. The summed E-state index contributed by atoms with van der Waals surface area (Å²) in [4.78, 5) is 36.8. The molecule has 158 valence electrons. The number of ether oxygens (including phenoxy) is 1. The minimum absolute atomic E-state index is 0.0414. The highest BCUT2D eigenvalue weighted by molar-refractivity contribution is 6.30. The number of rotatable bonds is 4. The SMILES string of the molecule is COC(=O)c1ccc(NC(=O)[C@H]2CC(=O)Nc3c(C)c(-c4ccc(Cl)cc4)nn32)cc1. The van der Waals surface area contributed by atoms with E-state index in [1.54, 1.807) is 41.1 Å². The van der Waals surface area contributed by atoms with E-state index in [4.69, 9.17) is 11.6 Å². The zero-order valence-electron chi connectivity index (χ0n) is 16.8. The molecule has 0 radical (unpaired) electrons. The van der Waals surface area contributed by atoms with E-state index in [1.165, 1.54) is 7.11 Å². The standard InChI is InChI=1S/C22H19ClN4O4/c1-12-19(13-3-7-15(23)8-4-13)26-27-17(11-18(28)25-20(12)27)21(29)24-16-9-5-14(6-10-16)22(30)31-2/h3-10,17H,11H2,1-2H3,(H,24,29)(H,25,28)/t17-/m1/s1. The van der Waals surface area contributed by atoms with Crippen molar-refractivity contribution in [3.63, 3.8) is 0 Å². The fraction of sp³-hybridized carbons (Fsp3) is 0.182. The van der Waals surface area contributed by atoms with Gasteiger partial charge in [-0.25, -0.2) is 9.48 Å². The summed E-state index contributed by atoms with van der Waals surface area (Å²) in [6.07, 6.45) is -0.0414. The summed E-state index contributed by atoms with van der Waals surface area (Å²) in [5, 5.41) is 10.8. The third kappa shape index (κ3) is 4.02. The highest BCUT2D eigenvalue weighted by Gasteiger charge is 2.34. The van der Waals surface area contributed by atoms with Gasteiger partial charge in [0, 0.05) is 21.8 Å². The number of carbonyl (C=O) groups excluding carboxylic acids is 3. The normalized spacial score (nSPS) is 15.1. The number of aromatic nitrogens is 2. The van der Waals surface area contributed by atoms with Crippen molar-refractivity contribution in [1.29, 1.82) is 0 Å². The number of hydrogen-bond donors (Lipinski definition) is 2. The van der Waals surface area contributed by atoms with Crippen LogP contribution in [0.3, 0.4) is 0 Å². The smallest absolute Gasteiger partial charge is 0.337 e. The monoisotopic (exact) mass is 438 g/mol. The van der Waals surface area contributed by atoms with E-state index in [0.717, 1.165) is 11.1 Å². The fourth-order valence-corrected chi connectivity index (χ4v) is 3.58. The Labute approximate surface area is 183 Å². The fourth-order valence-electron chi connectivity index (χ4n) is 3.46. The third-order valence-electron chi connectivity index (χ3n) is 5.07. The van der Waals surface area contributed by atoms with Gasteiger partial charge in [-0.3, -0.25) is 9.59 Å². The lowest BCUT2D eigenvalue weighted by molar-refractivity contribution is -0.125. The van der Waals surface area contributed by atoms with E-state index in [0.29, 0.717) is 27.8 Å². The highest BCUT2D eigenvalue weighted by atomic mass is 35.5. The number of benzene rings is 2. The van der Waals surface area contributed by atoms with Crippen molar-refractivity contribution >= 4 is 40.9 Å². The molecule has 1 aliphatic rings. The Kier molecular flexibility index (Phi) is 5.48.